The summed E-state index contributed by atoms with van der Waals surface area (Å²) in [5, 5.41) is 36.4. The van der Waals surface area contributed by atoms with E-state index in [0.717, 1.165) is 7.11 Å². The maximum absolute atomic E-state index is 10.3. The number of aliphatic hydroxyl groups excluding tert-OH is 2. The second kappa shape index (κ2) is 23.4. The third-order valence-corrected chi connectivity index (χ3v) is 2.86. The first-order valence-corrected chi connectivity index (χ1v) is 8.40. The normalized spacial score (nSPS) is 11.2. The molecule has 172 valence electrons. The quantitative estimate of drug-likeness (QED) is 0.218. The van der Waals surface area contributed by atoms with Gasteiger partial charge in [0.15, 0.2) is 0 Å². The summed E-state index contributed by atoms with van der Waals surface area (Å²) in [5.41, 5.74) is 0. The molecule has 0 bridgehead atoms. The van der Waals surface area contributed by atoms with Gasteiger partial charge in [0.1, 0.15) is 0 Å². The standard InChI is InChI=1S/C6H11NO4.C5H11NO2.C4H5NO2.CH4O.H2O/c1-2-7(3-5(8)9)4-6(10)11;1-6-5(8)3-2-4-7;6-3-1-2-4(7)5-3;1-2;/h2-4H2,1H3,(H,8,9)(H,10,11);7H,2-4H2,1H3,(H,6,8);1-2H2,(H,5,6,7);2H,1H3;1H2. The molecule has 1 aliphatic heterocycles. The summed E-state index contributed by atoms with van der Waals surface area (Å²) < 4.78 is 0. The van der Waals surface area contributed by atoms with E-state index in [-0.39, 0.29) is 42.9 Å². The number of aliphatic carboxylic acids is 2. The maximum atomic E-state index is 10.3. The number of carbonyl (C=O) groups is 5. The lowest BCUT2D eigenvalue weighted by Gasteiger charge is -2.13. The van der Waals surface area contributed by atoms with Crippen LogP contribution in [0.1, 0.15) is 32.6 Å². The molecule has 13 nitrogen and oxygen atoms in total. The summed E-state index contributed by atoms with van der Waals surface area (Å²) in [4.78, 5) is 52.1. The average Bonchev–Trinajstić information content (AvgIpc) is 3.03. The molecule has 0 saturated carbocycles. The van der Waals surface area contributed by atoms with Crippen molar-refractivity contribution in [3.05, 3.63) is 0 Å². The largest absolute Gasteiger partial charge is 0.480 e. The van der Waals surface area contributed by atoms with Crippen molar-refractivity contribution in [1.29, 1.82) is 0 Å². The molecule has 0 aliphatic carbocycles. The smallest absolute Gasteiger partial charge is 0.317 e. The van der Waals surface area contributed by atoms with Crippen LogP contribution in [-0.4, -0.2) is 101 Å². The first-order valence-electron chi connectivity index (χ1n) is 8.40. The van der Waals surface area contributed by atoms with E-state index in [1.165, 1.54) is 4.90 Å². The number of aliphatic hydroxyl groups is 2. The van der Waals surface area contributed by atoms with Crippen LogP contribution in [0.25, 0.3) is 0 Å². The molecular formula is C16H33N3O10. The molecule has 8 N–H and O–H groups in total. The van der Waals surface area contributed by atoms with Crippen molar-refractivity contribution < 1.29 is 49.9 Å². The van der Waals surface area contributed by atoms with Gasteiger partial charge in [0.25, 0.3) is 0 Å². The van der Waals surface area contributed by atoms with Crippen molar-refractivity contribution in [1.82, 2.24) is 15.5 Å². The molecule has 3 amide bonds. The highest BCUT2D eigenvalue weighted by Crippen LogP contribution is 1.95. The zero-order chi connectivity index (χ0) is 22.5. The van der Waals surface area contributed by atoms with Gasteiger partial charge < -0.3 is 31.2 Å². The molecule has 0 unspecified atom stereocenters. The van der Waals surface area contributed by atoms with Crippen LogP contribution in [0.2, 0.25) is 0 Å². The van der Waals surface area contributed by atoms with E-state index >= 15 is 0 Å². The summed E-state index contributed by atoms with van der Waals surface area (Å²) in [7, 11) is 2.58. The van der Waals surface area contributed by atoms with Crippen LogP contribution in [0.5, 0.6) is 0 Å². The lowest BCUT2D eigenvalue weighted by Crippen LogP contribution is -2.34. The van der Waals surface area contributed by atoms with Gasteiger partial charge in [-0.1, -0.05) is 6.92 Å². The Morgan fingerprint density at radius 2 is 1.45 bits per heavy atom. The topological polar surface area (TPSA) is 225 Å². The minimum atomic E-state index is -1.01. The van der Waals surface area contributed by atoms with Crippen LogP contribution >= 0.6 is 0 Å². The molecule has 1 rings (SSSR count). The molecule has 0 atom stereocenters. The number of nitrogens with one attached hydrogen (secondary N) is 2. The molecule has 1 fully saturated rings. The van der Waals surface area contributed by atoms with Gasteiger partial charge in [0, 0.05) is 40.0 Å². The Hall–Kier alpha value is -2.61. The third kappa shape index (κ3) is 27.7. The Morgan fingerprint density at radius 3 is 1.66 bits per heavy atom. The number of likely N-dealkylation sites (N-methyl/N-ethyl adjacent to an activating group) is 1. The molecule has 0 radical (unpaired) electrons. The van der Waals surface area contributed by atoms with Crippen LogP contribution in [0, 0.1) is 0 Å². The maximum Gasteiger partial charge on any atom is 0.317 e. The number of hydrogen-bond acceptors (Lipinski definition) is 8. The van der Waals surface area contributed by atoms with Crippen LogP contribution in [-0.2, 0) is 24.0 Å². The molecule has 0 aromatic carbocycles. The zero-order valence-corrected chi connectivity index (χ0v) is 16.9. The van der Waals surface area contributed by atoms with E-state index in [4.69, 9.17) is 20.4 Å². The Balaban J connectivity index is -0.000000156. The number of carboxylic acids is 2. The van der Waals surface area contributed by atoms with Crippen molar-refractivity contribution in [3.63, 3.8) is 0 Å². The van der Waals surface area contributed by atoms with E-state index in [0.29, 0.717) is 32.2 Å². The Morgan fingerprint density at radius 1 is 1.03 bits per heavy atom. The summed E-state index contributed by atoms with van der Waals surface area (Å²) in [6.45, 7) is 1.80. The molecule has 0 aromatic rings. The predicted molar refractivity (Wildman–Crippen MR) is 102 cm³/mol. The van der Waals surface area contributed by atoms with Gasteiger partial charge in [-0.2, -0.15) is 0 Å². The second-order valence-corrected chi connectivity index (χ2v) is 5.06. The Labute approximate surface area is 169 Å². The molecule has 1 heterocycles. The van der Waals surface area contributed by atoms with Crippen molar-refractivity contribution in [2.45, 2.75) is 32.6 Å². The molecule has 1 aliphatic rings. The fraction of sp³-hybridized carbons (Fsp3) is 0.688. The molecule has 0 aromatic heterocycles. The Bertz CT molecular complexity index is 456. The number of hydrogen-bond donors (Lipinski definition) is 6. The minimum absolute atomic E-state index is 0. The number of carboxylic acid groups (broad SMARTS) is 2. The molecule has 13 heteroatoms. The predicted octanol–water partition coefficient (Wildman–Crippen LogP) is -2.81. The van der Waals surface area contributed by atoms with Gasteiger partial charge in [-0.25, -0.2) is 0 Å². The Kier molecular flexibility index (Phi) is 27.4. The van der Waals surface area contributed by atoms with Crippen molar-refractivity contribution >= 4 is 29.7 Å². The minimum Gasteiger partial charge on any atom is -0.480 e. The fourth-order valence-corrected chi connectivity index (χ4v) is 1.53. The first kappa shape index (κ1) is 33.9. The van der Waals surface area contributed by atoms with Crippen LogP contribution in [0.15, 0.2) is 0 Å². The zero-order valence-electron chi connectivity index (χ0n) is 16.9. The summed E-state index contributed by atoms with van der Waals surface area (Å²) >= 11 is 0. The van der Waals surface area contributed by atoms with Gasteiger partial charge in [-0.05, 0) is 13.0 Å². The average molecular weight is 427 g/mol. The van der Waals surface area contributed by atoms with E-state index in [1.54, 1.807) is 14.0 Å². The first-order chi connectivity index (χ1) is 13.2. The summed E-state index contributed by atoms with van der Waals surface area (Å²) in [5.74, 6) is -2.32. The van der Waals surface area contributed by atoms with E-state index < -0.39 is 11.9 Å². The van der Waals surface area contributed by atoms with E-state index in [2.05, 4.69) is 10.6 Å². The van der Waals surface area contributed by atoms with E-state index in [9.17, 15) is 24.0 Å². The monoisotopic (exact) mass is 427 g/mol. The molecule has 0 spiro atoms. The van der Waals surface area contributed by atoms with Crippen LogP contribution in [0.4, 0.5) is 0 Å². The van der Waals surface area contributed by atoms with Gasteiger partial charge in [-0.15, -0.1) is 0 Å². The van der Waals surface area contributed by atoms with Gasteiger partial charge in [-0.3, -0.25) is 34.2 Å². The van der Waals surface area contributed by atoms with Crippen molar-refractivity contribution in [2.75, 3.05) is 40.4 Å². The van der Waals surface area contributed by atoms with Gasteiger partial charge in [0.05, 0.1) is 13.1 Å². The van der Waals surface area contributed by atoms with Gasteiger partial charge >= 0.3 is 11.9 Å². The lowest BCUT2D eigenvalue weighted by molar-refractivity contribution is -0.141. The van der Waals surface area contributed by atoms with Gasteiger partial charge in [0.2, 0.25) is 17.7 Å². The third-order valence-electron chi connectivity index (χ3n) is 2.86. The highest BCUT2D eigenvalue weighted by molar-refractivity contribution is 6.01. The molecule has 1 saturated heterocycles. The molecular weight excluding hydrogens is 394 g/mol. The summed E-state index contributed by atoms with van der Waals surface area (Å²) in [6, 6.07) is 0. The summed E-state index contributed by atoms with van der Waals surface area (Å²) in [6.07, 6.45) is 1.73. The number of nitrogens with zero attached hydrogens (tertiary/aromatic N) is 1. The molecule has 29 heavy (non-hydrogen) atoms. The number of rotatable bonds is 8. The fourth-order valence-electron chi connectivity index (χ4n) is 1.53. The van der Waals surface area contributed by atoms with Crippen LogP contribution in [0.3, 0.4) is 0 Å². The van der Waals surface area contributed by atoms with Crippen molar-refractivity contribution in [2.24, 2.45) is 0 Å². The van der Waals surface area contributed by atoms with Crippen molar-refractivity contribution in [3.8, 4) is 0 Å². The highest BCUT2D eigenvalue weighted by Gasteiger charge is 2.15. The second-order valence-electron chi connectivity index (χ2n) is 5.06. The number of carbonyl (C=O) groups excluding carboxylic acids is 3. The lowest BCUT2D eigenvalue weighted by atomic mass is 10.3. The highest BCUT2D eigenvalue weighted by atomic mass is 16.4. The SMILES string of the molecule is CCN(CC(=O)O)CC(=O)O.CNC(=O)CCCO.CO.O.O=C1CCC(=O)N1. The van der Waals surface area contributed by atoms with Crippen LogP contribution < -0.4 is 10.6 Å². The number of imide groups is 1. The number of amides is 3. The van der Waals surface area contributed by atoms with E-state index in [1.807, 2.05) is 0 Å².